The topological polar surface area (TPSA) is 69.2 Å². The molecule has 1 amide bonds. The molecule has 1 aromatic heterocycles. The predicted octanol–water partition coefficient (Wildman–Crippen LogP) is 2.85. The van der Waals surface area contributed by atoms with Crippen LogP contribution in [0.5, 0.6) is 11.5 Å². The second-order valence-corrected chi connectivity index (χ2v) is 7.40. The van der Waals surface area contributed by atoms with E-state index in [4.69, 9.17) is 25.9 Å². The molecule has 0 aliphatic carbocycles. The Labute approximate surface area is 153 Å². The first-order valence-electron chi connectivity index (χ1n) is 7.83. The third-order valence-electron chi connectivity index (χ3n) is 3.89. The quantitative estimate of drug-likeness (QED) is 0.888. The molecular weight excluding hydrogens is 364 g/mol. The van der Waals surface area contributed by atoms with Crippen molar-refractivity contribution in [2.75, 3.05) is 13.2 Å². The highest BCUT2D eigenvalue weighted by Gasteiger charge is 2.30. The number of hydrogen-bond acceptors (Lipinski definition) is 6. The average Bonchev–Trinajstić information content (AvgIpc) is 3.28. The third-order valence-corrected chi connectivity index (χ3v) is 5.17. The van der Waals surface area contributed by atoms with Gasteiger partial charge in [0.25, 0.3) is 5.91 Å². The molecule has 25 heavy (non-hydrogen) atoms. The van der Waals surface area contributed by atoms with Gasteiger partial charge < -0.3 is 19.6 Å². The van der Waals surface area contributed by atoms with Gasteiger partial charge in [0.15, 0.2) is 11.5 Å². The van der Waals surface area contributed by atoms with Crippen LogP contribution in [0.15, 0.2) is 41.6 Å². The standard InChI is InChI=1S/C17H15ClN2O4S/c18-16-6-5-15(25-16)11-7-14(24-20-11)17(21)19-8-10-9-22-12-3-1-2-4-13(12)23-10/h1-6,10,14H,7-9H2,(H,19,21)/t10-,14+/m0/s1. The maximum Gasteiger partial charge on any atom is 0.264 e. The fourth-order valence-electron chi connectivity index (χ4n) is 2.62. The van der Waals surface area contributed by atoms with E-state index in [1.807, 2.05) is 30.3 Å². The summed E-state index contributed by atoms with van der Waals surface area (Å²) in [5.74, 6) is 1.19. The number of hydrogen-bond donors (Lipinski definition) is 1. The Hall–Kier alpha value is -2.25. The number of carbonyl (C=O) groups excluding carboxylic acids is 1. The fraction of sp³-hybridized carbons (Fsp3) is 0.294. The minimum Gasteiger partial charge on any atom is -0.486 e. The second kappa shape index (κ2) is 6.93. The molecule has 2 aromatic rings. The van der Waals surface area contributed by atoms with Gasteiger partial charge in [0.05, 0.1) is 15.8 Å². The minimum atomic E-state index is -0.632. The molecule has 0 radical (unpaired) electrons. The van der Waals surface area contributed by atoms with E-state index >= 15 is 0 Å². The molecule has 0 spiro atoms. The summed E-state index contributed by atoms with van der Waals surface area (Å²) in [6.45, 7) is 0.728. The Morgan fingerprint density at radius 2 is 2.12 bits per heavy atom. The van der Waals surface area contributed by atoms with Gasteiger partial charge in [-0.15, -0.1) is 11.3 Å². The van der Waals surface area contributed by atoms with Crippen molar-refractivity contribution in [2.24, 2.45) is 5.16 Å². The van der Waals surface area contributed by atoms with Gasteiger partial charge >= 0.3 is 0 Å². The van der Waals surface area contributed by atoms with Gasteiger partial charge in [-0.3, -0.25) is 4.79 Å². The highest BCUT2D eigenvalue weighted by molar-refractivity contribution is 7.18. The van der Waals surface area contributed by atoms with Crippen LogP contribution in [0.2, 0.25) is 4.34 Å². The van der Waals surface area contributed by atoms with Crippen molar-refractivity contribution in [1.29, 1.82) is 0 Å². The number of amides is 1. The fourth-order valence-corrected chi connectivity index (χ4v) is 3.66. The third kappa shape index (κ3) is 3.57. The molecule has 1 N–H and O–H groups in total. The van der Waals surface area contributed by atoms with Gasteiger partial charge in [-0.1, -0.05) is 28.9 Å². The highest BCUT2D eigenvalue weighted by Crippen LogP contribution is 2.30. The summed E-state index contributed by atoms with van der Waals surface area (Å²) in [6, 6.07) is 11.1. The summed E-state index contributed by atoms with van der Waals surface area (Å²) in [5.41, 5.74) is 0.739. The largest absolute Gasteiger partial charge is 0.486 e. The molecule has 2 aliphatic rings. The lowest BCUT2D eigenvalue weighted by atomic mass is 10.1. The molecule has 4 rings (SSSR count). The van der Waals surface area contributed by atoms with Crippen molar-refractivity contribution >= 4 is 34.6 Å². The van der Waals surface area contributed by atoms with Crippen LogP contribution in [0.3, 0.4) is 0 Å². The zero-order chi connectivity index (χ0) is 17.2. The van der Waals surface area contributed by atoms with E-state index in [1.54, 1.807) is 6.07 Å². The summed E-state index contributed by atoms with van der Waals surface area (Å²) in [4.78, 5) is 18.5. The van der Waals surface area contributed by atoms with Crippen LogP contribution < -0.4 is 14.8 Å². The summed E-state index contributed by atoms with van der Waals surface area (Å²) in [6.07, 6.45) is -0.447. The Kier molecular flexibility index (Phi) is 4.50. The zero-order valence-corrected chi connectivity index (χ0v) is 14.7. The lowest BCUT2D eigenvalue weighted by molar-refractivity contribution is -0.131. The Morgan fingerprint density at radius 1 is 1.28 bits per heavy atom. The Morgan fingerprint density at radius 3 is 2.92 bits per heavy atom. The number of thiophene rings is 1. The van der Waals surface area contributed by atoms with Crippen LogP contribution in [0.4, 0.5) is 0 Å². The molecule has 3 heterocycles. The van der Waals surface area contributed by atoms with E-state index in [0.29, 0.717) is 29.7 Å². The maximum atomic E-state index is 12.3. The first-order chi connectivity index (χ1) is 12.2. The molecule has 2 aliphatic heterocycles. The van der Waals surface area contributed by atoms with Crippen LogP contribution in [0.25, 0.3) is 0 Å². The number of nitrogens with one attached hydrogen (secondary N) is 1. The number of oxime groups is 1. The first-order valence-corrected chi connectivity index (χ1v) is 9.03. The molecule has 8 heteroatoms. The SMILES string of the molecule is O=C(NC[C@H]1COc2ccccc2O1)[C@H]1CC(c2ccc(Cl)s2)=NO1. The number of halogens is 1. The zero-order valence-electron chi connectivity index (χ0n) is 13.1. The molecule has 0 fully saturated rings. The van der Waals surface area contributed by atoms with Gasteiger partial charge in [0.1, 0.15) is 18.4 Å². The van der Waals surface area contributed by atoms with E-state index in [9.17, 15) is 4.79 Å². The number of fused-ring (bicyclic) bond motifs is 1. The van der Waals surface area contributed by atoms with E-state index in [0.717, 1.165) is 16.3 Å². The normalized spacial score (nSPS) is 21.4. The van der Waals surface area contributed by atoms with Crippen LogP contribution in [-0.4, -0.2) is 37.0 Å². The molecule has 2 atom stereocenters. The molecule has 0 saturated carbocycles. The molecule has 0 unspecified atom stereocenters. The number of benzene rings is 1. The van der Waals surface area contributed by atoms with Crippen molar-refractivity contribution in [3.8, 4) is 11.5 Å². The van der Waals surface area contributed by atoms with Crippen molar-refractivity contribution < 1.29 is 19.1 Å². The van der Waals surface area contributed by atoms with Crippen molar-refractivity contribution in [1.82, 2.24) is 5.32 Å². The first kappa shape index (κ1) is 16.2. The average molecular weight is 379 g/mol. The maximum absolute atomic E-state index is 12.3. The lowest BCUT2D eigenvalue weighted by Crippen LogP contribution is -2.44. The number of ether oxygens (including phenoxy) is 2. The number of rotatable bonds is 4. The van der Waals surface area contributed by atoms with Crippen molar-refractivity contribution in [2.45, 2.75) is 18.6 Å². The van der Waals surface area contributed by atoms with Gasteiger partial charge in [-0.05, 0) is 24.3 Å². The van der Waals surface area contributed by atoms with Crippen LogP contribution in [-0.2, 0) is 9.63 Å². The lowest BCUT2D eigenvalue weighted by Gasteiger charge is -2.26. The summed E-state index contributed by atoms with van der Waals surface area (Å²) in [7, 11) is 0. The Bertz CT molecular complexity index is 822. The van der Waals surface area contributed by atoms with Gasteiger partial charge in [-0.2, -0.15) is 0 Å². The number of para-hydroxylation sites is 2. The number of carbonyl (C=O) groups is 1. The summed E-state index contributed by atoms with van der Waals surface area (Å²) >= 11 is 7.34. The van der Waals surface area contributed by atoms with Gasteiger partial charge in [0.2, 0.25) is 6.10 Å². The molecule has 0 bridgehead atoms. The smallest absolute Gasteiger partial charge is 0.264 e. The van der Waals surface area contributed by atoms with Crippen LogP contribution >= 0.6 is 22.9 Å². The van der Waals surface area contributed by atoms with E-state index in [1.165, 1.54) is 11.3 Å². The second-order valence-electron chi connectivity index (χ2n) is 5.68. The summed E-state index contributed by atoms with van der Waals surface area (Å²) < 4.78 is 12.1. The van der Waals surface area contributed by atoms with Gasteiger partial charge in [-0.25, -0.2) is 0 Å². The molecule has 130 valence electrons. The Balaban J connectivity index is 1.28. The molecular formula is C17H15ClN2O4S. The van der Waals surface area contributed by atoms with E-state index in [2.05, 4.69) is 10.5 Å². The monoisotopic (exact) mass is 378 g/mol. The highest BCUT2D eigenvalue weighted by atomic mass is 35.5. The van der Waals surface area contributed by atoms with Gasteiger partial charge in [0, 0.05) is 6.42 Å². The van der Waals surface area contributed by atoms with Crippen LogP contribution in [0, 0.1) is 0 Å². The summed E-state index contributed by atoms with van der Waals surface area (Å²) in [5, 5.41) is 6.84. The number of nitrogens with zero attached hydrogens (tertiary/aromatic N) is 1. The van der Waals surface area contributed by atoms with E-state index in [-0.39, 0.29) is 12.0 Å². The van der Waals surface area contributed by atoms with Crippen LogP contribution in [0.1, 0.15) is 11.3 Å². The molecule has 1 aromatic carbocycles. The van der Waals surface area contributed by atoms with Crippen molar-refractivity contribution in [3.05, 3.63) is 45.6 Å². The minimum absolute atomic E-state index is 0.219. The van der Waals surface area contributed by atoms with E-state index < -0.39 is 6.10 Å². The predicted molar refractivity (Wildman–Crippen MR) is 94.7 cm³/mol. The molecule has 6 nitrogen and oxygen atoms in total. The molecule has 0 saturated heterocycles. The van der Waals surface area contributed by atoms with Crippen molar-refractivity contribution in [3.63, 3.8) is 0 Å².